The van der Waals surface area contributed by atoms with Gasteiger partial charge in [-0.05, 0) is 34.4 Å². The number of carbonyl (C=O) groups excluding carboxylic acids is 1. The van der Waals surface area contributed by atoms with Gasteiger partial charge < -0.3 is 38.6 Å². The third kappa shape index (κ3) is 6.77. The predicted molar refractivity (Wildman–Crippen MR) is 161 cm³/mol. The molecule has 9 nitrogen and oxygen atoms in total. The molecule has 0 unspecified atom stereocenters. The second-order valence-corrected chi connectivity index (χ2v) is 10.3. The van der Waals surface area contributed by atoms with Crippen LogP contribution in [0.3, 0.4) is 0 Å². The van der Waals surface area contributed by atoms with Gasteiger partial charge in [0.1, 0.15) is 36.3 Å². The summed E-state index contributed by atoms with van der Waals surface area (Å²) in [5.41, 5.74) is 2.10. The van der Waals surface area contributed by atoms with Crippen LogP contribution in [-0.2, 0) is 35.9 Å². The summed E-state index contributed by atoms with van der Waals surface area (Å²) in [4.78, 5) is 12.6. The maximum absolute atomic E-state index is 12.6. The van der Waals surface area contributed by atoms with Gasteiger partial charge >= 0.3 is 6.16 Å². The summed E-state index contributed by atoms with van der Waals surface area (Å²) in [6.07, 6.45) is -7.67. The number of methoxy groups -OCH3 is 2. The zero-order valence-corrected chi connectivity index (χ0v) is 24.5. The molecule has 230 valence electrons. The molecule has 0 bridgehead atoms. The van der Waals surface area contributed by atoms with E-state index in [-0.39, 0.29) is 13.2 Å². The molecular weight excluding hydrogens is 564 g/mol. The van der Waals surface area contributed by atoms with Crippen LogP contribution in [0.2, 0.25) is 0 Å². The molecule has 1 fully saturated rings. The number of rotatable bonds is 11. The third-order valence-electron chi connectivity index (χ3n) is 7.63. The van der Waals surface area contributed by atoms with Crippen LogP contribution in [0.4, 0.5) is 4.79 Å². The lowest BCUT2D eigenvalue weighted by molar-refractivity contribution is -0.300. The maximum atomic E-state index is 12.6. The van der Waals surface area contributed by atoms with Crippen LogP contribution in [0.1, 0.15) is 22.3 Å². The highest BCUT2D eigenvalue weighted by Gasteiger charge is 2.49. The normalized spacial score (nSPS) is 21.8. The predicted octanol–water partition coefficient (Wildman–Crippen LogP) is 4.82. The summed E-state index contributed by atoms with van der Waals surface area (Å²) in [6, 6.07) is 36.0. The highest BCUT2D eigenvalue weighted by Crippen LogP contribution is 2.41. The monoisotopic (exact) mass is 600 g/mol. The number of aliphatic hydroxyl groups excluding tert-OH is 2. The van der Waals surface area contributed by atoms with Gasteiger partial charge in [0.2, 0.25) is 0 Å². The van der Waals surface area contributed by atoms with Crippen molar-refractivity contribution in [2.45, 2.75) is 42.9 Å². The van der Waals surface area contributed by atoms with Crippen molar-refractivity contribution in [3.8, 4) is 5.75 Å². The van der Waals surface area contributed by atoms with E-state index in [4.69, 9.17) is 28.4 Å². The van der Waals surface area contributed by atoms with Gasteiger partial charge in [-0.15, -0.1) is 0 Å². The Morgan fingerprint density at radius 2 is 1.30 bits per heavy atom. The van der Waals surface area contributed by atoms with E-state index in [1.807, 2.05) is 103 Å². The molecule has 0 saturated carbocycles. The van der Waals surface area contributed by atoms with Gasteiger partial charge in [-0.1, -0.05) is 103 Å². The Kier molecular flexibility index (Phi) is 10.3. The van der Waals surface area contributed by atoms with Gasteiger partial charge in [-0.25, -0.2) is 4.79 Å². The fraction of sp³-hybridized carbons (Fsp3) is 0.286. The molecule has 0 spiro atoms. The van der Waals surface area contributed by atoms with Crippen LogP contribution in [0.15, 0.2) is 115 Å². The number of hydrogen-bond acceptors (Lipinski definition) is 9. The first-order valence-electron chi connectivity index (χ1n) is 14.3. The van der Waals surface area contributed by atoms with E-state index in [0.29, 0.717) is 5.75 Å². The molecule has 4 aromatic rings. The van der Waals surface area contributed by atoms with Gasteiger partial charge in [0.15, 0.2) is 12.4 Å². The van der Waals surface area contributed by atoms with E-state index in [1.54, 1.807) is 19.2 Å². The van der Waals surface area contributed by atoms with E-state index in [9.17, 15) is 15.0 Å². The standard InChI is InChI=1S/C35H36O9/c1-39-28-20-18-27(19-21-28)35(25-14-8-4-9-15-25,26-16-10-5-11-17-26)42-23-29-30(36)32(31(37)33(40-2)43-29)44-34(38)41-22-24-12-6-3-7-13-24/h3-21,29-33,36-37H,22-23H2,1-2H3/t29-,30-,31-,32+,33-/m1/s1. The Hall–Kier alpha value is -4.25. The zero-order valence-electron chi connectivity index (χ0n) is 24.5. The molecule has 4 aromatic carbocycles. The number of carbonyl (C=O) groups is 1. The number of benzene rings is 4. The van der Waals surface area contributed by atoms with Gasteiger partial charge in [0, 0.05) is 7.11 Å². The Labute approximate surface area is 256 Å². The van der Waals surface area contributed by atoms with Gasteiger partial charge in [0.05, 0.1) is 13.7 Å². The number of aliphatic hydroxyl groups is 2. The molecular formula is C35H36O9. The molecule has 5 rings (SSSR count). The minimum absolute atomic E-state index is 0.0339. The number of hydrogen-bond donors (Lipinski definition) is 2. The first-order valence-corrected chi connectivity index (χ1v) is 14.3. The Morgan fingerprint density at radius 1 is 0.750 bits per heavy atom. The minimum Gasteiger partial charge on any atom is -0.497 e. The first-order chi connectivity index (χ1) is 21.5. The largest absolute Gasteiger partial charge is 0.509 e. The Balaban J connectivity index is 1.43. The zero-order chi connectivity index (χ0) is 30.9. The van der Waals surface area contributed by atoms with Crippen molar-refractivity contribution in [3.05, 3.63) is 138 Å². The summed E-state index contributed by atoms with van der Waals surface area (Å²) >= 11 is 0. The maximum Gasteiger partial charge on any atom is 0.509 e. The lowest BCUT2D eigenvalue weighted by atomic mass is 9.80. The quantitative estimate of drug-likeness (QED) is 0.185. The van der Waals surface area contributed by atoms with E-state index >= 15 is 0 Å². The SMILES string of the molecule is COc1ccc(C(OC[C@H]2O[C@@H](OC)[C@H](O)[C@@H](OC(=O)OCc3ccccc3)[C@@H]2O)(c2ccccc2)c2ccccc2)cc1. The second kappa shape index (κ2) is 14.5. The molecule has 0 aliphatic carbocycles. The molecule has 5 atom stereocenters. The van der Waals surface area contributed by atoms with Crippen molar-refractivity contribution >= 4 is 6.16 Å². The van der Waals surface area contributed by atoms with E-state index < -0.39 is 42.5 Å². The van der Waals surface area contributed by atoms with Crippen LogP contribution in [0.5, 0.6) is 5.75 Å². The first kappa shape index (κ1) is 31.2. The van der Waals surface area contributed by atoms with Crippen LogP contribution >= 0.6 is 0 Å². The van der Waals surface area contributed by atoms with E-state index in [1.165, 1.54) is 7.11 Å². The highest BCUT2D eigenvalue weighted by molar-refractivity contribution is 5.60. The summed E-state index contributed by atoms with van der Waals surface area (Å²) in [6.45, 7) is -0.198. The highest BCUT2D eigenvalue weighted by atomic mass is 16.7. The van der Waals surface area contributed by atoms with Crippen molar-refractivity contribution in [3.63, 3.8) is 0 Å². The second-order valence-electron chi connectivity index (χ2n) is 10.3. The van der Waals surface area contributed by atoms with Crippen LogP contribution in [0, 0.1) is 0 Å². The minimum atomic E-state index is -1.48. The van der Waals surface area contributed by atoms with Crippen molar-refractivity contribution in [1.29, 1.82) is 0 Å². The van der Waals surface area contributed by atoms with Gasteiger partial charge in [-0.2, -0.15) is 0 Å². The molecule has 0 aromatic heterocycles. The molecule has 0 amide bonds. The van der Waals surface area contributed by atoms with Crippen molar-refractivity contribution in [2.75, 3.05) is 20.8 Å². The average Bonchev–Trinajstić information content (AvgIpc) is 3.08. The number of ether oxygens (including phenoxy) is 6. The van der Waals surface area contributed by atoms with Gasteiger partial charge in [0.25, 0.3) is 0 Å². The Bertz CT molecular complexity index is 1410. The lowest BCUT2D eigenvalue weighted by Crippen LogP contribution is -2.61. The summed E-state index contributed by atoms with van der Waals surface area (Å²) in [5, 5.41) is 22.2. The van der Waals surface area contributed by atoms with Crippen molar-refractivity contribution < 1.29 is 43.4 Å². The lowest BCUT2D eigenvalue weighted by Gasteiger charge is -2.43. The molecule has 1 heterocycles. The molecule has 1 aliphatic rings. The summed E-state index contributed by atoms with van der Waals surface area (Å²) in [5.74, 6) is 0.686. The Morgan fingerprint density at radius 3 is 1.84 bits per heavy atom. The summed E-state index contributed by atoms with van der Waals surface area (Å²) in [7, 11) is 2.95. The molecule has 9 heteroatoms. The van der Waals surface area contributed by atoms with Crippen LogP contribution < -0.4 is 4.74 Å². The van der Waals surface area contributed by atoms with Crippen LogP contribution in [-0.4, -0.2) is 67.9 Å². The fourth-order valence-electron chi connectivity index (χ4n) is 5.36. The fourth-order valence-corrected chi connectivity index (χ4v) is 5.36. The average molecular weight is 601 g/mol. The van der Waals surface area contributed by atoms with Gasteiger partial charge in [-0.3, -0.25) is 0 Å². The topological polar surface area (TPSA) is 113 Å². The molecule has 1 aliphatic heterocycles. The molecule has 1 saturated heterocycles. The third-order valence-corrected chi connectivity index (χ3v) is 7.63. The smallest absolute Gasteiger partial charge is 0.497 e. The van der Waals surface area contributed by atoms with Crippen molar-refractivity contribution in [1.82, 2.24) is 0 Å². The van der Waals surface area contributed by atoms with Crippen molar-refractivity contribution in [2.24, 2.45) is 0 Å². The molecule has 0 radical (unpaired) electrons. The van der Waals surface area contributed by atoms with E-state index in [2.05, 4.69) is 0 Å². The molecule has 2 N–H and O–H groups in total. The summed E-state index contributed by atoms with van der Waals surface area (Å²) < 4.78 is 34.2. The van der Waals surface area contributed by atoms with Crippen LogP contribution in [0.25, 0.3) is 0 Å². The van der Waals surface area contributed by atoms with E-state index in [0.717, 1.165) is 22.3 Å². The molecule has 44 heavy (non-hydrogen) atoms.